The molecule has 1 aromatic carbocycles. The van der Waals surface area contributed by atoms with Crippen molar-refractivity contribution in [3.63, 3.8) is 0 Å². The molecule has 0 unspecified atom stereocenters. The number of hydrogen-bond acceptors (Lipinski definition) is 6. The highest BCUT2D eigenvalue weighted by Crippen LogP contribution is 2.19. The van der Waals surface area contributed by atoms with Crippen molar-refractivity contribution >= 4 is 15.8 Å². The molecule has 0 saturated carbocycles. The van der Waals surface area contributed by atoms with Crippen LogP contribution in [0.2, 0.25) is 0 Å². The van der Waals surface area contributed by atoms with E-state index in [0.29, 0.717) is 0 Å². The second kappa shape index (κ2) is 5.71. The first kappa shape index (κ1) is 13.6. The van der Waals surface area contributed by atoms with E-state index in [1.807, 2.05) is 0 Å². The Kier molecular flexibility index (Phi) is 4.55. The van der Waals surface area contributed by atoms with E-state index in [1.54, 1.807) is 0 Å². The Bertz CT molecular complexity index is 498. The highest BCUT2D eigenvalue weighted by Gasteiger charge is 2.18. The van der Waals surface area contributed by atoms with Crippen molar-refractivity contribution in [3.8, 4) is 0 Å². The van der Waals surface area contributed by atoms with Crippen LogP contribution in [0, 0.1) is 10.1 Å². The van der Waals surface area contributed by atoms with Crippen LogP contribution < -0.4 is 0 Å². The van der Waals surface area contributed by atoms with Crippen LogP contribution in [0.15, 0.2) is 29.2 Å². The molecule has 94 valence electrons. The van der Waals surface area contributed by atoms with Crippen LogP contribution >= 0.6 is 0 Å². The third kappa shape index (κ3) is 3.77. The van der Waals surface area contributed by atoms with E-state index in [9.17, 15) is 18.5 Å². The van der Waals surface area contributed by atoms with Gasteiger partial charge < -0.3 is 5.11 Å². The van der Waals surface area contributed by atoms with Crippen molar-refractivity contribution in [2.75, 3.05) is 13.2 Å². The van der Waals surface area contributed by atoms with E-state index in [-0.39, 0.29) is 30.2 Å². The Morgan fingerprint density at radius 3 is 2.71 bits per heavy atom. The third-order valence-corrected chi connectivity index (χ3v) is 3.17. The summed E-state index contributed by atoms with van der Waals surface area (Å²) < 4.78 is 27.7. The van der Waals surface area contributed by atoms with Gasteiger partial charge in [-0.2, -0.15) is 8.42 Å². The summed E-state index contributed by atoms with van der Waals surface area (Å²) in [5, 5.41) is 19.0. The zero-order chi connectivity index (χ0) is 12.9. The lowest BCUT2D eigenvalue weighted by Crippen LogP contribution is -2.08. The number of non-ortho nitro benzene ring substituents is 1. The summed E-state index contributed by atoms with van der Waals surface area (Å²) in [7, 11) is -4.00. The van der Waals surface area contributed by atoms with Gasteiger partial charge >= 0.3 is 0 Å². The Morgan fingerprint density at radius 1 is 1.41 bits per heavy atom. The summed E-state index contributed by atoms with van der Waals surface area (Å²) in [5.41, 5.74) is -0.322. The number of aliphatic hydroxyl groups is 1. The van der Waals surface area contributed by atoms with Gasteiger partial charge in [0.05, 0.1) is 11.5 Å². The molecule has 0 radical (unpaired) electrons. The summed E-state index contributed by atoms with van der Waals surface area (Å²) in [6.45, 7) is -0.355. The zero-order valence-corrected chi connectivity index (χ0v) is 9.59. The Labute approximate surface area is 97.9 Å². The maximum Gasteiger partial charge on any atom is 0.297 e. The van der Waals surface area contributed by atoms with Crippen LogP contribution in [0.5, 0.6) is 0 Å². The number of nitro benzene ring substituents is 1. The fourth-order valence-corrected chi connectivity index (χ4v) is 2.04. The number of benzene rings is 1. The van der Waals surface area contributed by atoms with Gasteiger partial charge in [0.15, 0.2) is 0 Å². The minimum absolute atomic E-state index is 0.165. The van der Waals surface area contributed by atoms with E-state index in [4.69, 9.17) is 5.11 Å². The smallest absolute Gasteiger partial charge is 0.297 e. The van der Waals surface area contributed by atoms with Crippen molar-refractivity contribution in [3.05, 3.63) is 34.4 Å². The van der Waals surface area contributed by atoms with E-state index in [0.717, 1.165) is 6.07 Å². The molecular weight excluding hydrogens is 250 g/mol. The molecule has 0 bridgehead atoms. The lowest BCUT2D eigenvalue weighted by molar-refractivity contribution is -0.385. The molecule has 1 rings (SSSR count). The highest BCUT2D eigenvalue weighted by molar-refractivity contribution is 7.86. The van der Waals surface area contributed by atoms with Crippen LogP contribution in [0.25, 0.3) is 0 Å². The topological polar surface area (TPSA) is 107 Å². The molecule has 0 atom stereocenters. The van der Waals surface area contributed by atoms with Gasteiger partial charge in [0.1, 0.15) is 4.90 Å². The van der Waals surface area contributed by atoms with Crippen LogP contribution in [0.3, 0.4) is 0 Å². The van der Waals surface area contributed by atoms with E-state index >= 15 is 0 Å². The number of aliphatic hydroxyl groups excluding tert-OH is 1. The van der Waals surface area contributed by atoms with Crippen LogP contribution in [-0.2, 0) is 14.3 Å². The number of nitrogens with zero attached hydrogens (tertiary/aromatic N) is 1. The maximum atomic E-state index is 11.6. The van der Waals surface area contributed by atoms with E-state index in [1.165, 1.54) is 18.2 Å². The van der Waals surface area contributed by atoms with E-state index in [2.05, 4.69) is 4.18 Å². The molecular formula is C9H11NO6S. The first-order valence-corrected chi connectivity index (χ1v) is 6.13. The van der Waals surface area contributed by atoms with Crippen LogP contribution in [0.4, 0.5) is 5.69 Å². The minimum Gasteiger partial charge on any atom is -0.396 e. The van der Waals surface area contributed by atoms with Crippen molar-refractivity contribution < 1.29 is 22.6 Å². The van der Waals surface area contributed by atoms with Crippen molar-refractivity contribution in [1.82, 2.24) is 0 Å². The molecule has 0 saturated heterocycles. The standard InChI is InChI=1S/C9H11NO6S/c11-5-2-6-16-17(14,15)9-4-1-3-8(7-9)10(12)13/h1,3-4,7,11H,2,5-6H2. The molecule has 0 aliphatic heterocycles. The van der Waals surface area contributed by atoms with Crippen molar-refractivity contribution in [2.45, 2.75) is 11.3 Å². The van der Waals surface area contributed by atoms with Gasteiger partial charge in [-0.3, -0.25) is 14.3 Å². The summed E-state index contributed by atoms with van der Waals surface area (Å²) in [6, 6.07) is 4.59. The van der Waals surface area contributed by atoms with Gasteiger partial charge in [0.2, 0.25) is 0 Å². The molecule has 1 aromatic rings. The largest absolute Gasteiger partial charge is 0.396 e. The average molecular weight is 261 g/mol. The van der Waals surface area contributed by atoms with Crippen LogP contribution in [0.1, 0.15) is 6.42 Å². The van der Waals surface area contributed by atoms with Crippen molar-refractivity contribution in [2.24, 2.45) is 0 Å². The normalized spacial score (nSPS) is 11.4. The number of rotatable bonds is 6. The first-order valence-electron chi connectivity index (χ1n) is 4.72. The van der Waals surface area contributed by atoms with Gasteiger partial charge in [-0.25, -0.2) is 0 Å². The number of nitro groups is 1. The molecule has 0 heterocycles. The summed E-state index contributed by atoms with van der Waals surface area (Å²) in [6.07, 6.45) is 0.175. The van der Waals surface area contributed by atoms with Gasteiger partial charge in [0, 0.05) is 18.7 Å². The predicted octanol–water partition coefficient (Wildman–Crippen LogP) is 0.683. The maximum absolute atomic E-state index is 11.6. The fourth-order valence-electron chi connectivity index (χ4n) is 1.05. The lowest BCUT2D eigenvalue weighted by atomic mass is 10.3. The monoisotopic (exact) mass is 261 g/mol. The first-order chi connectivity index (χ1) is 7.97. The minimum atomic E-state index is -4.00. The molecule has 0 aliphatic rings. The Morgan fingerprint density at radius 2 is 2.12 bits per heavy atom. The van der Waals surface area contributed by atoms with Crippen LogP contribution in [-0.4, -0.2) is 31.7 Å². The predicted molar refractivity (Wildman–Crippen MR) is 57.9 cm³/mol. The molecule has 0 amide bonds. The zero-order valence-electron chi connectivity index (χ0n) is 8.77. The second-order valence-corrected chi connectivity index (χ2v) is 4.72. The third-order valence-electron chi connectivity index (χ3n) is 1.86. The quantitative estimate of drug-likeness (QED) is 0.349. The molecule has 0 spiro atoms. The van der Waals surface area contributed by atoms with Gasteiger partial charge in [0.25, 0.3) is 15.8 Å². The molecule has 0 aromatic heterocycles. The molecule has 0 aliphatic carbocycles. The molecule has 17 heavy (non-hydrogen) atoms. The molecule has 7 nitrogen and oxygen atoms in total. The number of hydrogen-bond donors (Lipinski definition) is 1. The van der Waals surface area contributed by atoms with Crippen molar-refractivity contribution in [1.29, 1.82) is 0 Å². The van der Waals surface area contributed by atoms with Gasteiger partial charge in [-0.15, -0.1) is 0 Å². The molecule has 0 fully saturated rings. The molecule has 8 heteroatoms. The Hall–Kier alpha value is -1.51. The fraction of sp³-hybridized carbons (Fsp3) is 0.333. The summed E-state index contributed by atoms with van der Waals surface area (Å²) in [5.74, 6) is 0. The lowest BCUT2D eigenvalue weighted by Gasteiger charge is -2.04. The summed E-state index contributed by atoms with van der Waals surface area (Å²) in [4.78, 5) is 9.52. The van der Waals surface area contributed by atoms with E-state index < -0.39 is 15.0 Å². The summed E-state index contributed by atoms with van der Waals surface area (Å²) >= 11 is 0. The Balaban J connectivity index is 2.91. The SMILES string of the molecule is O=[N+]([O-])c1cccc(S(=O)(=O)OCCCO)c1. The molecule has 1 N–H and O–H groups in total. The van der Waals surface area contributed by atoms with Gasteiger partial charge in [-0.05, 0) is 12.5 Å². The van der Waals surface area contributed by atoms with Gasteiger partial charge in [-0.1, -0.05) is 6.07 Å². The second-order valence-electron chi connectivity index (χ2n) is 3.11. The average Bonchev–Trinajstić information content (AvgIpc) is 2.29. The highest BCUT2D eigenvalue weighted by atomic mass is 32.2.